The van der Waals surface area contributed by atoms with E-state index in [1.807, 2.05) is 27.2 Å². The zero-order chi connectivity index (χ0) is 40.0. The van der Waals surface area contributed by atoms with E-state index in [0.717, 1.165) is 57.8 Å². The molecule has 1 unspecified atom stereocenters. The van der Waals surface area contributed by atoms with Gasteiger partial charge < -0.3 is 18.9 Å². The number of nitrogens with zero attached hydrogens (tertiary/aromatic N) is 1. The van der Waals surface area contributed by atoms with Gasteiger partial charge in [-0.05, 0) is 51.4 Å². The largest absolute Gasteiger partial charge is 0.472 e. The number of phosphoric ester groups is 1. The molecule has 1 N–H and O–H groups in total. The molecular weight excluding hydrogens is 701 g/mol. The molecule has 0 heterocycles. The molecular formula is C44H85NO8P+. The first-order chi connectivity index (χ1) is 26.0. The summed E-state index contributed by atoms with van der Waals surface area (Å²) in [5, 5.41) is 0. The van der Waals surface area contributed by atoms with Crippen LogP contribution in [0.4, 0.5) is 0 Å². The van der Waals surface area contributed by atoms with Crippen LogP contribution in [0.15, 0.2) is 24.8 Å². The summed E-state index contributed by atoms with van der Waals surface area (Å²) in [4.78, 5) is 35.3. The lowest BCUT2D eigenvalue weighted by atomic mass is 10.0. The van der Waals surface area contributed by atoms with E-state index in [1.54, 1.807) is 0 Å². The number of phosphoric acid groups is 1. The van der Waals surface area contributed by atoms with Crippen molar-refractivity contribution >= 4 is 19.8 Å². The van der Waals surface area contributed by atoms with Crippen molar-refractivity contribution in [2.45, 2.75) is 199 Å². The Morgan fingerprint density at radius 1 is 0.611 bits per heavy atom. The maximum Gasteiger partial charge on any atom is 0.472 e. The minimum Gasteiger partial charge on any atom is -0.462 e. The Bertz CT molecular complexity index is 967. The van der Waals surface area contributed by atoms with Gasteiger partial charge in [0.15, 0.2) is 6.10 Å². The van der Waals surface area contributed by atoms with Crippen LogP contribution in [0.5, 0.6) is 0 Å². The highest BCUT2D eigenvalue weighted by Gasteiger charge is 2.27. The van der Waals surface area contributed by atoms with Crippen LogP contribution in [0.1, 0.15) is 193 Å². The van der Waals surface area contributed by atoms with Crippen LogP contribution >= 0.6 is 7.82 Å². The Morgan fingerprint density at radius 2 is 1.04 bits per heavy atom. The molecule has 10 heteroatoms. The van der Waals surface area contributed by atoms with E-state index in [0.29, 0.717) is 17.4 Å². The number of esters is 2. The summed E-state index contributed by atoms with van der Waals surface area (Å²) in [6, 6.07) is 0. The maximum atomic E-state index is 12.7. The average molecular weight is 787 g/mol. The first-order valence-corrected chi connectivity index (χ1v) is 23.5. The lowest BCUT2D eigenvalue weighted by molar-refractivity contribution is -0.870. The van der Waals surface area contributed by atoms with Crippen molar-refractivity contribution in [3.05, 3.63) is 24.8 Å². The number of rotatable bonds is 41. The number of carbonyl (C=O) groups is 2. The number of likely N-dealkylation sites (N-methyl/N-ethyl adjacent to an activating group) is 1. The third-order valence-electron chi connectivity index (χ3n) is 9.60. The first kappa shape index (κ1) is 52.5. The van der Waals surface area contributed by atoms with Gasteiger partial charge >= 0.3 is 19.8 Å². The molecule has 0 aliphatic rings. The number of unbranched alkanes of at least 4 members (excludes halogenated alkanes) is 24. The number of ether oxygens (including phenoxy) is 2. The zero-order valence-corrected chi connectivity index (χ0v) is 36.4. The van der Waals surface area contributed by atoms with Crippen molar-refractivity contribution in [2.75, 3.05) is 47.5 Å². The molecule has 0 fully saturated rings. The molecule has 0 aliphatic carbocycles. The fourth-order valence-corrected chi connectivity index (χ4v) is 6.85. The van der Waals surface area contributed by atoms with Gasteiger partial charge in [0.2, 0.25) is 0 Å². The molecule has 0 bridgehead atoms. The minimum atomic E-state index is -4.37. The summed E-state index contributed by atoms with van der Waals surface area (Å²) in [6.45, 7) is 5.94. The molecule has 0 saturated carbocycles. The summed E-state index contributed by atoms with van der Waals surface area (Å²) in [7, 11) is 1.47. The van der Waals surface area contributed by atoms with Crippen LogP contribution in [-0.4, -0.2) is 74.9 Å². The molecule has 9 nitrogen and oxygen atoms in total. The average Bonchev–Trinajstić information content (AvgIpc) is 3.12. The van der Waals surface area contributed by atoms with Gasteiger partial charge in [-0.3, -0.25) is 18.6 Å². The third kappa shape index (κ3) is 40.2. The number of hydrogen-bond acceptors (Lipinski definition) is 7. The SMILES string of the molecule is C=CCCCCCCCCCCCCCCCC(=O)O[C@H](COC(=O)CCCCCCC/C=C/CCCCCCCC)COP(=O)(O)OCC[N+](C)(C)C. The molecule has 54 heavy (non-hydrogen) atoms. The molecule has 0 rings (SSSR count). The second-order valence-electron chi connectivity index (χ2n) is 16.2. The summed E-state index contributed by atoms with van der Waals surface area (Å²) < 4.78 is 34.3. The van der Waals surface area contributed by atoms with Crippen LogP contribution in [-0.2, 0) is 32.7 Å². The summed E-state index contributed by atoms with van der Waals surface area (Å²) >= 11 is 0. The number of quaternary nitrogens is 1. The lowest BCUT2D eigenvalue weighted by Gasteiger charge is -2.24. The predicted molar refractivity (Wildman–Crippen MR) is 224 cm³/mol. The van der Waals surface area contributed by atoms with E-state index in [9.17, 15) is 19.0 Å². The molecule has 0 radical (unpaired) electrons. The molecule has 0 spiro atoms. The van der Waals surface area contributed by atoms with Crippen molar-refractivity contribution in [1.82, 2.24) is 0 Å². The first-order valence-electron chi connectivity index (χ1n) is 22.0. The van der Waals surface area contributed by atoms with Crippen molar-refractivity contribution in [2.24, 2.45) is 0 Å². The highest BCUT2D eigenvalue weighted by atomic mass is 31.2. The van der Waals surface area contributed by atoms with Crippen LogP contribution < -0.4 is 0 Å². The molecule has 0 saturated heterocycles. The van der Waals surface area contributed by atoms with E-state index in [2.05, 4.69) is 25.7 Å². The molecule has 0 aromatic rings. The maximum absolute atomic E-state index is 12.7. The number of allylic oxidation sites excluding steroid dienone is 3. The second-order valence-corrected chi connectivity index (χ2v) is 17.6. The molecule has 0 aromatic heterocycles. The quantitative estimate of drug-likeness (QED) is 0.0215. The fourth-order valence-electron chi connectivity index (χ4n) is 6.11. The Hall–Kier alpha value is -1.51. The van der Waals surface area contributed by atoms with Gasteiger partial charge in [0.1, 0.15) is 19.8 Å². The van der Waals surface area contributed by atoms with Gasteiger partial charge in [-0.25, -0.2) is 4.57 Å². The fraction of sp³-hybridized carbons (Fsp3) is 0.864. The summed E-state index contributed by atoms with van der Waals surface area (Å²) in [5.41, 5.74) is 0. The Labute approximate surface area is 332 Å². The van der Waals surface area contributed by atoms with Gasteiger partial charge in [0, 0.05) is 12.8 Å². The second kappa shape index (κ2) is 37.1. The van der Waals surface area contributed by atoms with Crippen LogP contribution in [0.2, 0.25) is 0 Å². The monoisotopic (exact) mass is 787 g/mol. The minimum absolute atomic E-state index is 0.0311. The number of carbonyl (C=O) groups excluding carboxylic acids is 2. The highest BCUT2D eigenvalue weighted by Crippen LogP contribution is 2.43. The Balaban J connectivity index is 4.34. The van der Waals surface area contributed by atoms with E-state index in [-0.39, 0.29) is 32.0 Å². The topological polar surface area (TPSA) is 108 Å². The summed E-state index contributed by atoms with van der Waals surface area (Å²) in [6.07, 6.45) is 38.2. The van der Waals surface area contributed by atoms with E-state index in [4.69, 9.17) is 18.5 Å². The van der Waals surface area contributed by atoms with Crippen molar-refractivity contribution < 1.29 is 42.1 Å². The van der Waals surface area contributed by atoms with Gasteiger partial charge in [-0.1, -0.05) is 147 Å². The van der Waals surface area contributed by atoms with Crippen molar-refractivity contribution in [3.63, 3.8) is 0 Å². The molecule has 318 valence electrons. The zero-order valence-electron chi connectivity index (χ0n) is 35.6. The van der Waals surface area contributed by atoms with Gasteiger partial charge in [0.25, 0.3) is 0 Å². The highest BCUT2D eigenvalue weighted by molar-refractivity contribution is 7.47. The molecule has 2 atom stereocenters. The lowest BCUT2D eigenvalue weighted by Crippen LogP contribution is -2.37. The third-order valence-corrected chi connectivity index (χ3v) is 10.6. The molecule has 0 amide bonds. The smallest absolute Gasteiger partial charge is 0.462 e. The van der Waals surface area contributed by atoms with Gasteiger partial charge in [-0.15, -0.1) is 6.58 Å². The predicted octanol–water partition coefficient (Wildman–Crippen LogP) is 12.4. The van der Waals surface area contributed by atoms with Crippen LogP contribution in [0.3, 0.4) is 0 Å². The normalized spacial score (nSPS) is 13.6. The van der Waals surface area contributed by atoms with E-state index in [1.165, 1.54) is 109 Å². The molecule has 0 aliphatic heterocycles. The van der Waals surface area contributed by atoms with Gasteiger partial charge in [0.05, 0.1) is 27.7 Å². The van der Waals surface area contributed by atoms with E-state index < -0.39 is 26.5 Å². The number of hydrogen-bond donors (Lipinski definition) is 1. The van der Waals surface area contributed by atoms with Gasteiger partial charge in [-0.2, -0.15) is 0 Å². The van der Waals surface area contributed by atoms with E-state index >= 15 is 0 Å². The molecule has 0 aromatic carbocycles. The van der Waals surface area contributed by atoms with Crippen molar-refractivity contribution in [3.8, 4) is 0 Å². The Morgan fingerprint density at radius 3 is 1.50 bits per heavy atom. The van der Waals surface area contributed by atoms with Crippen LogP contribution in [0, 0.1) is 0 Å². The standard InChI is InChI=1S/C44H84NO8P/c1-6-8-10-12-14-16-18-20-22-24-26-28-30-32-34-36-43(46)50-40-42(41-52-54(48,49)51-39-38-45(3,4)5)53-44(47)37-35-33-31-29-27-25-23-21-19-17-15-13-11-9-7-2/h7,20,22,42H,2,6,8-19,21,23-41H2,1,3-5H3/p+1/b22-20+/t42-/m1/s1. The summed E-state index contributed by atoms with van der Waals surface area (Å²) in [5.74, 6) is -0.806. The van der Waals surface area contributed by atoms with Crippen molar-refractivity contribution in [1.29, 1.82) is 0 Å². The Kier molecular flexibility index (Phi) is 36.1. The van der Waals surface area contributed by atoms with Crippen LogP contribution in [0.25, 0.3) is 0 Å².